The molecule has 2 rings (SSSR count). The molecule has 0 aromatic heterocycles. The van der Waals surface area contributed by atoms with Crippen LogP contribution in [0.5, 0.6) is 0 Å². The van der Waals surface area contributed by atoms with E-state index in [1.807, 2.05) is 6.92 Å². The summed E-state index contributed by atoms with van der Waals surface area (Å²) in [7, 11) is 0. The first-order valence-corrected chi connectivity index (χ1v) is 6.66. The second-order valence-electron chi connectivity index (χ2n) is 4.67. The van der Waals surface area contributed by atoms with E-state index in [-0.39, 0.29) is 17.6 Å². The number of carbonyl (C=O) groups excluding carboxylic acids is 1. The third kappa shape index (κ3) is 3.17. The van der Waals surface area contributed by atoms with Gasteiger partial charge in [-0.1, -0.05) is 6.07 Å². The summed E-state index contributed by atoms with van der Waals surface area (Å²) in [6, 6.07) is 5.16. The predicted octanol–water partition coefficient (Wildman–Crippen LogP) is 1.72. The predicted molar refractivity (Wildman–Crippen MR) is 76.9 cm³/mol. The average Bonchev–Trinajstić information content (AvgIpc) is 2.82. The standard InChI is InChI=1S/C13H18N4O3/c1-2-14-10-4-3-5-11(13(10)17(19)20)15-8-9-6-7-12(18)16-9/h3-5,9,14-15H,2,6-8H2,1H3,(H,16,18). The number of hydrogen-bond acceptors (Lipinski definition) is 5. The van der Waals surface area contributed by atoms with Crippen LogP contribution < -0.4 is 16.0 Å². The molecule has 0 saturated carbocycles. The molecule has 1 atom stereocenters. The molecule has 1 heterocycles. The van der Waals surface area contributed by atoms with Crippen LogP contribution in [-0.4, -0.2) is 30.0 Å². The molecule has 1 unspecified atom stereocenters. The monoisotopic (exact) mass is 278 g/mol. The number of amides is 1. The van der Waals surface area contributed by atoms with Gasteiger partial charge in [-0.3, -0.25) is 14.9 Å². The molecule has 0 radical (unpaired) electrons. The molecule has 1 aromatic rings. The zero-order chi connectivity index (χ0) is 14.5. The molecule has 1 amide bonds. The number of nitrogens with zero attached hydrogens (tertiary/aromatic N) is 1. The molecule has 108 valence electrons. The van der Waals surface area contributed by atoms with Crippen molar-refractivity contribution in [2.45, 2.75) is 25.8 Å². The van der Waals surface area contributed by atoms with Crippen LogP contribution in [0.1, 0.15) is 19.8 Å². The van der Waals surface area contributed by atoms with Gasteiger partial charge in [-0.15, -0.1) is 0 Å². The van der Waals surface area contributed by atoms with Crippen molar-refractivity contribution in [1.29, 1.82) is 0 Å². The maximum atomic E-state index is 11.2. The highest BCUT2D eigenvalue weighted by Crippen LogP contribution is 2.32. The van der Waals surface area contributed by atoms with Crippen LogP contribution in [-0.2, 0) is 4.79 Å². The lowest BCUT2D eigenvalue weighted by Crippen LogP contribution is -2.31. The number of benzene rings is 1. The van der Waals surface area contributed by atoms with Gasteiger partial charge in [0, 0.05) is 25.6 Å². The van der Waals surface area contributed by atoms with Crippen LogP contribution in [0.2, 0.25) is 0 Å². The molecular formula is C13H18N4O3. The van der Waals surface area contributed by atoms with Gasteiger partial charge in [-0.2, -0.15) is 0 Å². The molecule has 1 aliphatic heterocycles. The maximum absolute atomic E-state index is 11.2. The zero-order valence-electron chi connectivity index (χ0n) is 11.3. The van der Waals surface area contributed by atoms with Crippen molar-refractivity contribution in [3.05, 3.63) is 28.3 Å². The van der Waals surface area contributed by atoms with Crippen LogP contribution >= 0.6 is 0 Å². The molecule has 0 spiro atoms. The Hall–Kier alpha value is -2.31. The summed E-state index contributed by atoms with van der Waals surface area (Å²) in [6.07, 6.45) is 1.28. The molecule has 7 nitrogen and oxygen atoms in total. The van der Waals surface area contributed by atoms with E-state index in [0.717, 1.165) is 6.42 Å². The summed E-state index contributed by atoms with van der Waals surface area (Å²) in [5.74, 6) is 0.0349. The van der Waals surface area contributed by atoms with Crippen LogP contribution in [0.4, 0.5) is 17.1 Å². The number of hydrogen-bond donors (Lipinski definition) is 3. The number of para-hydroxylation sites is 1. The topological polar surface area (TPSA) is 96.3 Å². The number of nitro benzene ring substituents is 1. The first kappa shape index (κ1) is 14.1. The Kier molecular flexibility index (Phi) is 4.39. The van der Waals surface area contributed by atoms with Crippen molar-refractivity contribution in [1.82, 2.24) is 5.32 Å². The highest BCUT2D eigenvalue weighted by Gasteiger charge is 2.23. The Labute approximate surface area is 116 Å². The Morgan fingerprint density at radius 3 is 2.65 bits per heavy atom. The number of anilines is 2. The van der Waals surface area contributed by atoms with E-state index in [0.29, 0.717) is 30.9 Å². The van der Waals surface area contributed by atoms with Crippen molar-refractivity contribution < 1.29 is 9.72 Å². The Bertz CT molecular complexity index is 518. The Morgan fingerprint density at radius 2 is 2.10 bits per heavy atom. The average molecular weight is 278 g/mol. The molecule has 1 aliphatic rings. The smallest absolute Gasteiger partial charge is 0.315 e. The zero-order valence-corrected chi connectivity index (χ0v) is 11.3. The molecule has 7 heteroatoms. The highest BCUT2D eigenvalue weighted by atomic mass is 16.6. The summed E-state index contributed by atoms with van der Waals surface area (Å²) >= 11 is 0. The normalized spacial score (nSPS) is 17.6. The molecule has 3 N–H and O–H groups in total. The first-order chi connectivity index (χ1) is 9.61. The van der Waals surface area contributed by atoms with Gasteiger partial charge < -0.3 is 16.0 Å². The Morgan fingerprint density at radius 1 is 1.40 bits per heavy atom. The van der Waals surface area contributed by atoms with Crippen LogP contribution in [0.25, 0.3) is 0 Å². The van der Waals surface area contributed by atoms with Crippen LogP contribution in [0, 0.1) is 10.1 Å². The van der Waals surface area contributed by atoms with Crippen molar-refractivity contribution in [3.8, 4) is 0 Å². The summed E-state index contributed by atoms with van der Waals surface area (Å²) in [5.41, 5.74) is 1.01. The van der Waals surface area contributed by atoms with Crippen LogP contribution in [0.3, 0.4) is 0 Å². The summed E-state index contributed by atoms with van der Waals surface area (Å²) in [5, 5.41) is 20.1. The second kappa shape index (κ2) is 6.23. The fourth-order valence-electron chi connectivity index (χ4n) is 2.28. The molecule has 0 aliphatic carbocycles. The van der Waals surface area contributed by atoms with Crippen LogP contribution in [0.15, 0.2) is 18.2 Å². The highest BCUT2D eigenvalue weighted by molar-refractivity contribution is 5.79. The largest absolute Gasteiger partial charge is 0.380 e. The lowest BCUT2D eigenvalue weighted by atomic mass is 10.2. The molecule has 1 fully saturated rings. The molecular weight excluding hydrogens is 260 g/mol. The van der Waals surface area contributed by atoms with Gasteiger partial charge in [-0.25, -0.2) is 0 Å². The van der Waals surface area contributed by atoms with Gasteiger partial charge >= 0.3 is 5.69 Å². The van der Waals surface area contributed by atoms with E-state index in [1.54, 1.807) is 18.2 Å². The minimum Gasteiger partial charge on any atom is -0.380 e. The molecule has 0 bridgehead atoms. The number of nitro groups is 1. The fraction of sp³-hybridized carbons (Fsp3) is 0.462. The van der Waals surface area contributed by atoms with E-state index < -0.39 is 4.92 Å². The SMILES string of the molecule is CCNc1cccc(NCC2CCC(=O)N2)c1[N+](=O)[O-]. The fourth-order valence-corrected chi connectivity index (χ4v) is 2.28. The maximum Gasteiger partial charge on any atom is 0.315 e. The minimum absolute atomic E-state index is 0.0323. The van der Waals surface area contributed by atoms with E-state index in [9.17, 15) is 14.9 Å². The molecule has 1 aromatic carbocycles. The quantitative estimate of drug-likeness (QED) is 0.544. The summed E-state index contributed by atoms with van der Waals surface area (Å²) < 4.78 is 0. The lowest BCUT2D eigenvalue weighted by Gasteiger charge is -2.14. The first-order valence-electron chi connectivity index (χ1n) is 6.66. The van der Waals surface area contributed by atoms with Crippen molar-refractivity contribution >= 4 is 23.0 Å². The third-order valence-corrected chi connectivity index (χ3v) is 3.21. The van der Waals surface area contributed by atoms with Gasteiger partial charge in [0.25, 0.3) is 0 Å². The Balaban J connectivity index is 2.12. The van der Waals surface area contributed by atoms with Crippen molar-refractivity contribution in [2.75, 3.05) is 23.7 Å². The van der Waals surface area contributed by atoms with Gasteiger partial charge in [0.15, 0.2) is 0 Å². The lowest BCUT2D eigenvalue weighted by molar-refractivity contribution is -0.383. The van der Waals surface area contributed by atoms with E-state index in [2.05, 4.69) is 16.0 Å². The number of rotatable bonds is 6. The second-order valence-corrected chi connectivity index (χ2v) is 4.67. The molecule has 20 heavy (non-hydrogen) atoms. The van der Waals surface area contributed by atoms with Gasteiger partial charge in [0.05, 0.1) is 4.92 Å². The van der Waals surface area contributed by atoms with Gasteiger partial charge in [-0.05, 0) is 25.5 Å². The van der Waals surface area contributed by atoms with Gasteiger partial charge in [0.2, 0.25) is 5.91 Å². The van der Waals surface area contributed by atoms with Crippen molar-refractivity contribution in [2.24, 2.45) is 0 Å². The van der Waals surface area contributed by atoms with E-state index in [4.69, 9.17) is 0 Å². The summed E-state index contributed by atoms with van der Waals surface area (Å²) in [6.45, 7) is 2.99. The van der Waals surface area contributed by atoms with Gasteiger partial charge in [0.1, 0.15) is 11.4 Å². The number of nitrogens with one attached hydrogen (secondary N) is 3. The van der Waals surface area contributed by atoms with E-state index in [1.165, 1.54) is 0 Å². The third-order valence-electron chi connectivity index (χ3n) is 3.21. The molecule has 1 saturated heterocycles. The number of carbonyl (C=O) groups is 1. The minimum atomic E-state index is -0.395. The summed E-state index contributed by atoms with van der Waals surface area (Å²) in [4.78, 5) is 21.9. The van der Waals surface area contributed by atoms with E-state index >= 15 is 0 Å². The van der Waals surface area contributed by atoms with Crippen molar-refractivity contribution in [3.63, 3.8) is 0 Å².